The largest absolute Gasteiger partial charge is 0.468 e. The summed E-state index contributed by atoms with van der Waals surface area (Å²) in [6.07, 6.45) is 3.95. The van der Waals surface area contributed by atoms with Crippen molar-refractivity contribution in [1.82, 2.24) is 0 Å². The molecular formula is C18H20O5. The molecule has 0 aromatic heterocycles. The zero-order valence-corrected chi connectivity index (χ0v) is 13.5. The predicted octanol–water partition coefficient (Wildman–Crippen LogP) is 1.48. The molecule has 0 unspecified atom stereocenters. The Morgan fingerprint density at radius 3 is 2.65 bits per heavy atom. The van der Waals surface area contributed by atoms with E-state index in [1.807, 2.05) is 25.1 Å². The molecule has 5 nitrogen and oxygen atoms in total. The lowest BCUT2D eigenvalue weighted by atomic mass is 9.61. The van der Waals surface area contributed by atoms with Gasteiger partial charge in [0.25, 0.3) is 0 Å². The molecule has 0 fully saturated rings. The average Bonchev–Trinajstić information content (AvgIpc) is 2.85. The summed E-state index contributed by atoms with van der Waals surface area (Å²) in [6, 6.07) is 5.64. The third-order valence-electron chi connectivity index (χ3n) is 5.30. The smallest absolute Gasteiger partial charge is 0.320 e. The van der Waals surface area contributed by atoms with Crippen LogP contribution in [0.2, 0.25) is 0 Å². The van der Waals surface area contributed by atoms with Crippen LogP contribution in [0.3, 0.4) is 0 Å². The Labute approximate surface area is 134 Å². The number of methoxy groups -OCH3 is 2. The van der Waals surface area contributed by atoms with Gasteiger partial charge in [0.1, 0.15) is 11.3 Å². The van der Waals surface area contributed by atoms with Gasteiger partial charge >= 0.3 is 11.9 Å². The normalized spacial score (nSPS) is 30.7. The molecule has 1 N–H and O–H groups in total. The predicted molar refractivity (Wildman–Crippen MR) is 82.9 cm³/mol. The topological polar surface area (TPSA) is 72.8 Å². The van der Waals surface area contributed by atoms with E-state index < -0.39 is 22.7 Å². The molecule has 0 aliphatic heterocycles. The number of rotatable bonds is 3. The Kier molecular flexibility index (Phi) is 3.56. The molecule has 2 aliphatic rings. The van der Waals surface area contributed by atoms with Crippen LogP contribution in [0.5, 0.6) is 0 Å². The van der Waals surface area contributed by atoms with Gasteiger partial charge in [-0.15, -0.1) is 0 Å². The zero-order chi connectivity index (χ0) is 16.8. The zero-order valence-electron chi connectivity index (χ0n) is 13.5. The van der Waals surface area contributed by atoms with Crippen LogP contribution in [0.15, 0.2) is 30.4 Å². The molecule has 1 aromatic carbocycles. The first kappa shape index (κ1) is 15.7. The van der Waals surface area contributed by atoms with Crippen LogP contribution < -0.4 is 0 Å². The number of aliphatic hydroxyl groups excluding tert-OH is 1. The average molecular weight is 316 g/mol. The minimum absolute atomic E-state index is 0.163. The molecule has 0 saturated carbocycles. The fourth-order valence-electron chi connectivity index (χ4n) is 4.09. The van der Waals surface area contributed by atoms with Gasteiger partial charge in [-0.1, -0.05) is 37.3 Å². The summed E-state index contributed by atoms with van der Waals surface area (Å²) in [4.78, 5) is 24.8. The summed E-state index contributed by atoms with van der Waals surface area (Å²) in [6.45, 7) is 1.71. The Balaban J connectivity index is 2.31. The Bertz CT molecular complexity index is 707. The summed E-state index contributed by atoms with van der Waals surface area (Å²) in [5.41, 5.74) is 0.701. The molecule has 0 saturated heterocycles. The second-order valence-corrected chi connectivity index (χ2v) is 6.44. The standard InChI is InChI=1S/C18H20O5/c1-17(10-19)9-11-5-4-6-12-13(15(20)22-2)7-8-18(17,14(11)12)16(21)23-3/h4-8,13,19H,9-10H2,1-3H3/t13-,17-,18+/m1/s1. The molecule has 0 spiro atoms. The summed E-state index contributed by atoms with van der Waals surface area (Å²) in [7, 11) is 2.69. The van der Waals surface area contributed by atoms with Crippen molar-refractivity contribution in [2.24, 2.45) is 5.41 Å². The molecule has 2 aliphatic carbocycles. The highest BCUT2D eigenvalue weighted by Crippen LogP contribution is 2.57. The first-order chi connectivity index (χ1) is 10.9. The first-order valence-electron chi connectivity index (χ1n) is 7.54. The number of ether oxygens (including phenoxy) is 2. The fraction of sp³-hybridized carbons (Fsp3) is 0.444. The quantitative estimate of drug-likeness (QED) is 0.675. The van der Waals surface area contributed by atoms with Gasteiger partial charge < -0.3 is 14.6 Å². The number of esters is 2. The summed E-state index contributed by atoms with van der Waals surface area (Å²) >= 11 is 0. The van der Waals surface area contributed by atoms with E-state index in [4.69, 9.17) is 9.47 Å². The molecule has 0 heterocycles. The lowest BCUT2D eigenvalue weighted by molar-refractivity contribution is -0.151. The minimum atomic E-state index is -1.08. The molecule has 0 amide bonds. The van der Waals surface area contributed by atoms with E-state index >= 15 is 0 Å². The Morgan fingerprint density at radius 2 is 2.04 bits per heavy atom. The highest BCUT2D eigenvalue weighted by Gasteiger charge is 2.61. The van der Waals surface area contributed by atoms with Gasteiger partial charge in [-0.2, -0.15) is 0 Å². The second kappa shape index (κ2) is 5.20. The van der Waals surface area contributed by atoms with E-state index in [-0.39, 0.29) is 12.6 Å². The highest BCUT2D eigenvalue weighted by atomic mass is 16.5. The molecule has 5 heteroatoms. The Hall–Kier alpha value is -2.14. The van der Waals surface area contributed by atoms with Gasteiger partial charge in [-0.3, -0.25) is 9.59 Å². The van der Waals surface area contributed by atoms with Gasteiger partial charge in [0.05, 0.1) is 20.8 Å². The van der Waals surface area contributed by atoms with E-state index in [1.165, 1.54) is 14.2 Å². The van der Waals surface area contributed by atoms with Crippen LogP contribution >= 0.6 is 0 Å². The van der Waals surface area contributed by atoms with Gasteiger partial charge in [-0.05, 0) is 23.1 Å². The molecule has 1 aromatic rings. The van der Waals surface area contributed by atoms with Gasteiger partial charge in [-0.25, -0.2) is 0 Å². The number of benzene rings is 1. The van der Waals surface area contributed by atoms with Gasteiger partial charge in [0.15, 0.2) is 0 Å². The molecule has 122 valence electrons. The van der Waals surface area contributed by atoms with E-state index in [0.29, 0.717) is 6.42 Å². The summed E-state index contributed by atoms with van der Waals surface area (Å²) in [5.74, 6) is -1.33. The van der Waals surface area contributed by atoms with E-state index in [2.05, 4.69) is 0 Å². The molecule has 3 atom stereocenters. The molecule has 3 rings (SSSR count). The van der Waals surface area contributed by atoms with Crippen molar-refractivity contribution < 1.29 is 24.2 Å². The van der Waals surface area contributed by atoms with Crippen molar-refractivity contribution in [2.45, 2.75) is 24.7 Å². The lowest BCUT2D eigenvalue weighted by Gasteiger charge is -2.41. The van der Waals surface area contributed by atoms with Crippen molar-refractivity contribution in [2.75, 3.05) is 20.8 Å². The van der Waals surface area contributed by atoms with Crippen molar-refractivity contribution in [3.05, 3.63) is 47.0 Å². The monoisotopic (exact) mass is 316 g/mol. The maximum atomic E-state index is 12.7. The maximum Gasteiger partial charge on any atom is 0.320 e. The van der Waals surface area contributed by atoms with Crippen LogP contribution in [0.4, 0.5) is 0 Å². The number of aliphatic hydroxyl groups is 1. The van der Waals surface area contributed by atoms with Gasteiger partial charge in [0, 0.05) is 5.41 Å². The van der Waals surface area contributed by atoms with Crippen molar-refractivity contribution in [3.8, 4) is 0 Å². The van der Waals surface area contributed by atoms with E-state index in [9.17, 15) is 14.7 Å². The first-order valence-corrected chi connectivity index (χ1v) is 7.54. The van der Waals surface area contributed by atoms with E-state index in [1.54, 1.807) is 12.2 Å². The van der Waals surface area contributed by atoms with Crippen LogP contribution in [0.1, 0.15) is 29.5 Å². The highest BCUT2D eigenvalue weighted by molar-refractivity contribution is 5.93. The number of carbonyl (C=O) groups is 2. The number of carbonyl (C=O) groups excluding carboxylic acids is 2. The second-order valence-electron chi connectivity index (χ2n) is 6.44. The van der Waals surface area contributed by atoms with Crippen molar-refractivity contribution >= 4 is 11.9 Å². The fourth-order valence-corrected chi connectivity index (χ4v) is 4.09. The third-order valence-corrected chi connectivity index (χ3v) is 5.30. The summed E-state index contributed by atoms with van der Waals surface area (Å²) < 4.78 is 9.96. The molecule has 0 bridgehead atoms. The van der Waals surface area contributed by atoms with Crippen molar-refractivity contribution in [3.63, 3.8) is 0 Å². The van der Waals surface area contributed by atoms with Crippen LogP contribution in [-0.4, -0.2) is 37.9 Å². The van der Waals surface area contributed by atoms with Crippen LogP contribution in [0.25, 0.3) is 0 Å². The van der Waals surface area contributed by atoms with Crippen molar-refractivity contribution in [1.29, 1.82) is 0 Å². The van der Waals surface area contributed by atoms with Crippen LogP contribution in [0, 0.1) is 5.41 Å². The van der Waals surface area contributed by atoms with Gasteiger partial charge in [0.2, 0.25) is 0 Å². The Morgan fingerprint density at radius 1 is 1.30 bits per heavy atom. The summed E-state index contributed by atoms with van der Waals surface area (Å²) in [5, 5.41) is 10.0. The maximum absolute atomic E-state index is 12.7. The SMILES string of the molecule is COC(=O)[C@@H]1C=C[C@@]2(C(=O)OC)c3c(cccc31)C[C@]2(C)CO. The third kappa shape index (κ3) is 1.83. The van der Waals surface area contributed by atoms with Crippen LogP contribution in [-0.2, 0) is 30.9 Å². The lowest BCUT2D eigenvalue weighted by Crippen LogP contribution is -2.50. The number of hydrogen-bond donors (Lipinski definition) is 1. The molecule has 0 radical (unpaired) electrons. The number of hydrogen-bond acceptors (Lipinski definition) is 5. The molecular weight excluding hydrogens is 296 g/mol. The minimum Gasteiger partial charge on any atom is -0.468 e. The molecule has 23 heavy (non-hydrogen) atoms. The van der Waals surface area contributed by atoms with E-state index in [0.717, 1.165) is 16.7 Å².